The van der Waals surface area contributed by atoms with Crippen molar-refractivity contribution in [3.8, 4) is 0 Å². The number of nitrogens with zero attached hydrogens (tertiary/aromatic N) is 1. The highest BCUT2D eigenvalue weighted by molar-refractivity contribution is 7.90. The van der Waals surface area contributed by atoms with Gasteiger partial charge in [-0.15, -0.1) is 0 Å². The van der Waals surface area contributed by atoms with Crippen LogP contribution in [0.2, 0.25) is 0 Å². The summed E-state index contributed by atoms with van der Waals surface area (Å²) in [6, 6.07) is 0.102. The van der Waals surface area contributed by atoms with Gasteiger partial charge in [-0.05, 0) is 44.9 Å². The van der Waals surface area contributed by atoms with Gasteiger partial charge in [0.25, 0.3) is 0 Å². The Bertz CT molecular complexity index is 542. The molecule has 132 valence electrons. The van der Waals surface area contributed by atoms with Crippen LogP contribution in [0.1, 0.15) is 39.0 Å². The number of aliphatic carboxylic acids is 1. The highest BCUT2D eigenvalue weighted by Crippen LogP contribution is 2.34. The van der Waals surface area contributed by atoms with Crippen LogP contribution in [0.25, 0.3) is 0 Å². The Morgan fingerprint density at radius 2 is 2.00 bits per heavy atom. The number of rotatable bonds is 8. The summed E-state index contributed by atoms with van der Waals surface area (Å²) in [4.78, 5) is 13.0. The molecule has 2 aliphatic carbocycles. The summed E-state index contributed by atoms with van der Waals surface area (Å²) in [7, 11) is -3.36. The Morgan fingerprint density at radius 1 is 1.30 bits per heavy atom. The van der Waals surface area contributed by atoms with Crippen LogP contribution in [0.15, 0.2) is 0 Å². The predicted molar refractivity (Wildman–Crippen MR) is 84.6 cm³/mol. The molecule has 2 atom stereocenters. The van der Waals surface area contributed by atoms with Crippen molar-refractivity contribution >= 4 is 16.0 Å². The van der Waals surface area contributed by atoms with Crippen molar-refractivity contribution in [3.05, 3.63) is 0 Å². The molecule has 1 heterocycles. The fourth-order valence-electron chi connectivity index (χ4n) is 3.57. The fourth-order valence-corrected chi connectivity index (χ4v) is 5.39. The van der Waals surface area contributed by atoms with Gasteiger partial charge in [0.2, 0.25) is 10.0 Å². The van der Waals surface area contributed by atoms with E-state index in [1.165, 1.54) is 12.8 Å². The van der Waals surface area contributed by atoms with Gasteiger partial charge in [0, 0.05) is 25.2 Å². The maximum absolute atomic E-state index is 12.4. The van der Waals surface area contributed by atoms with Gasteiger partial charge < -0.3 is 9.84 Å². The minimum absolute atomic E-state index is 0.0497. The Labute approximate surface area is 137 Å². The molecule has 0 radical (unpaired) electrons. The van der Waals surface area contributed by atoms with Crippen molar-refractivity contribution in [3.63, 3.8) is 0 Å². The number of carboxylic acid groups (broad SMARTS) is 1. The average Bonchev–Trinajstić information content (AvgIpc) is 3.10. The van der Waals surface area contributed by atoms with Gasteiger partial charge in [-0.1, -0.05) is 0 Å². The molecule has 7 nitrogen and oxygen atoms in total. The van der Waals surface area contributed by atoms with E-state index in [2.05, 4.69) is 4.72 Å². The summed E-state index contributed by atoms with van der Waals surface area (Å²) in [6.07, 6.45) is 4.03. The number of sulfonamides is 1. The van der Waals surface area contributed by atoms with E-state index in [0.717, 1.165) is 6.54 Å². The lowest BCUT2D eigenvalue weighted by molar-refractivity contribution is -0.139. The smallest absolute Gasteiger partial charge is 0.317 e. The molecule has 8 heteroatoms. The highest BCUT2D eigenvalue weighted by Gasteiger charge is 2.42. The quantitative estimate of drug-likeness (QED) is 0.661. The lowest BCUT2D eigenvalue weighted by Gasteiger charge is -2.43. The molecule has 1 saturated heterocycles. The Kier molecular flexibility index (Phi) is 4.96. The highest BCUT2D eigenvalue weighted by atomic mass is 32.2. The van der Waals surface area contributed by atoms with E-state index in [0.29, 0.717) is 31.8 Å². The summed E-state index contributed by atoms with van der Waals surface area (Å²) in [5.41, 5.74) is 0. The zero-order chi connectivity index (χ0) is 16.6. The summed E-state index contributed by atoms with van der Waals surface area (Å²) < 4.78 is 32.9. The second-order valence-electron chi connectivity index (χ2n) is 7.15. The third kappa shape index (κ3) is 4.23. The van der Waals surface area contributed by atoms with Gasteiger partial charge in [0.1, 0.15) is 5.25 Å². The van der Waals surface area contributed by atoms with Crippen molar-refractivity contribution in [2.75, 3.05) is 19.7 Å². The zero-order valence-electron chi connectivity index (χ0n) is 13.5. The molecule has 2 unspecified atom stereocenters. The number of hydrogen-bond donors (Lipinski definition) is 2. The minimum atomic E-state index is -3.36. The molecular weight excluding hydrogens is 320 g/mol. The molecule has 0 bridgehead atoms. The molecular formula is C15H26N2O5S. The van der Waals surface area contributed by atoms with Crippen molar-refractivity contribution in [2.24, 2.45) is 5.92 Å². The first-order chi connectivity index (χ1) is 10.8. The first kappa shape index (κ1) is 17.1. The van der Waals surface area contributed by atoms with Gasteiger partial charge in [0.15, 0.2) is 0 Å². The zero-order valence-corrected chi connectivity index (χ0v) is 14.3. The van der Waals surface area contributed by atoms with E-state index < -0.39 is 21.2 Å². The standard InChI is InChI=1S/C15H26N2O5S/c1-10-14(4-5-22-10)23(20,21)16-12-6-13(7-12)17(9-15(18)19)8-11-2-3-11/h10-14,16H,2-9H2,1H3,(H,18,19). The van der Waals surface area contributed by atoms with E-state index in [9.17, 15) is 13.2 Å². The molecule has 2 N–H and O–H groups in total. The molecule has 3 aliphatic rings. The maximum atomic E-state index is 12.4. The number of carboxylic acids is 1. The van der Waals surface area contributed by atoms with E-state index in [4.69, 9.17) is 9.84 Å². The van der Waals surface area contributed by atoms with E-state index in [1.54, 1.807) is 6.92 Å². The summed E-state index contributed by atoms with van der Waals surface area (Å²) >= 11 is 0. The van der Waals surface area contributed by atoms with Crippen LogP contribution < -0.4 is 4.72 Å². The van der Waals surface area contributed by atoms with Crippen LogP contribution in [0.5, 0.6) is 0 Å². The molecule has 1 aliphatic heterocycles. The fraction of sp³-hybridized carbons (Fsp3) is 0.933. The molecule has 0 spiro atoms. The number of nitrogens with one attached hydrogen (secondary N) is 1. The number of carbonyl (C=O) groups is 1. The number of ether oxygens (including phenoxy) is 1. The lowest BCUT2D eigenvalue weighted by Crippen LogP contribution is -2.56. The van der Waals surface area contributed by atoms with Crippen LogP contribution in [0, 0.1) is 5.92 Å². The van der Waals surface area contributed by atoms with Crippen molar-refractivity contribution in [2.45, 2.75) is 62.5 Å². The van der Waals surface area contributed by atoms with Gasteiger partial charge in [-0.25, -0.2) is 13.1 Å². The Balaban J connectivity index is 1.50. The molecule has 3 rings (SSSR count). The monoisotopic (exact) mass is 346 g/mol. The van der Waals surface area contributed by atoms with Gasteiger partial charge in [0.05, 0.1) is 12.6 Å². The molecule has 2 saturated carbocycles. The van der Waals surface area contributed by atoms with E-state index in [-0.39, 0.29) is 24.7 Å². The van der Waals surface area contributed by atoms with Crippen LogP contribution in [-0.4, -0.2) is 67.5 Å². The van der Waals surface area contributed by atoms with Crippen LogP contribution in [-0.2, 0) is 19.6 Å². The van der Waals surface area contributed by atoms with Crippen LogP contribution >= 0.6 is 0 Å². The first-order valence-electron chi connectivity index (χ1n) is 8.43. The minimum Gasteiger partial charge on any atom is -0.480 e. The predicted octanol–water partition coefficient (Wildman–Crippen LogP) is 0.411. The van der Waals surface area contributed by atoms with E-state index >= 15 is 0 Å². The lowest BCUT2D eigenvalue weighted by atomic mass is 9.86. The molecule has 0 aromatic rings. The van der Waals surface area contributed by atoms with E-state index in [1.807, 2.05) is 4.90 Å². The molecule has 3 fully saturated rings. The van der Waals surface area contributed by atoms with Gasteiger partial charge in [-0.3, -0.25) is 9.69 Å². The SMILES string of the molecule is CC1OCCC1S(=O)(=O)NC1CC(N(CC(=O)O)CC2CC2)C1. The molecule has 0 aromatic carbocycles. The summed E-state index contributed by atoms with van der Waals surface area (Å²) in [6.45, 7) is 3.16. The third-order valence-corrected chi connectivity index (χ3v) is 7.27. The second-order valence-corrected chi connectivity index (χ2v) is 9.09. The summed E-state index contributed by atoms with van der Waals surface area (Å²) in [5, 5.41) is 8.57. The topological polar surface area (TPSA) is 95.9 Å². The van der Waals surface area contributed by atoms with Crippen molar-refractivity contribution < 1.29 is 23.1 Å². The van der Waals surface area contributed by atoms with Gasteiger partial charge in [-0.2, -0.15) is 0 Å². The average molecular weight is 346 g/mol. The normalized spacial score (nSPS) is 34.5. The van der Waals surface area contributed by atoms with Gasteiger partial charge >= 0.3 is 5.97 Å². The molecule has 23 heavy (non-hydrogen) atoms. The summed E-state index contributed by atoms with van der Waals surface area (Å²) in [5.74, 6) is -0.187. The Morgan fingerprint density at radius 3 is 2.52 bits per heavy atom. The van der Waals surface area contributed by atoms with Crippen LogP contribution in [0.3, 0.4) is 0 Å². The number of hydrogen-bond acceptors (Lipinski definition) is 5. The van der Waals surface area contributed by atoms with Crippen LogP contribution in [0.4, 0.5) is 0 Å². The largest absolute Gasteiger partial charge is 0.480 e. The maximum Gasteiger partial charge on any atom is 0.317 e. The first-order valence-corrected chi connectivity index (χ1v) is 9.98. The molecule has 0 amide bonds. The third-order valence-electron chi connectivity index (χ3n) is 5.19. The Hall–Kier alpha value is -0.700. The van der Waals surface area contributed by atoms with Crippen molar-refractivity contribution in [1.29, 1.82) is 0 Å². The second kappa shape index (κ2) is 6.66. The van der Waals surface area contributed by atoms with Crippen molar-refractivity contribution in [1.82, 2.24) is 9.62 Å². The molecule has 0 aromatic heterocycles.